The molecule has 2 rings (SSSR count). The van der Waals surface area contributed by atoms with Crippen molar-refractivity contribution >= 4 is 17.3 Å². The summed E-state index contributed by atoms with van der Waals surface area (Å²) >= 11 is 6.06. The second-order valence-corrected chi connectivity index (χ2v) is 4.76. The van der Waals surface area contributed by atoms with Crippen molar-refractivity contribution in [1.29, 1.82) is 0 Å². The van der Waals surface area contributed by atoms with Gasteiger partial charge in [0.15, 0.2) is 0 Å². The van der Waals surface area contributed by atoms with E-state index in [9.17, 15) is 0 Å². The van der Waals surface area contributed by atoms with Crippen molar-refractivity contribution in [2.45, 2.75) is 32.0 Å². The molecule has 0 aromatic heterocycles. The zero-order valence-corrected chi connectivity index (χ0v) is 10.6. The molecule has 0 radical (unpaired) electrons. The van der Waals surface area contributed by atoms with Gasteiger partial charge in [-0.05, 0) is 37.0 Å². The number of nitrogens with two attached hydrogens (primary N) is 1. The fourth-order valence-electron chi connectivity index (χ4n) is 1.92. The third-order valence-electron chi connectivity index (χ3n) is 2.91. The number of benzene rings is 1. The lowest BCUT2D eigenvalue weighted by Gasteiger charge is -2.22. The number of anilines is 1. The molecule has 1 heterocycles. The lowest BCUT2D eigenvalue weighted by Crippen LogP contribution is -2.24. The average molecular weight is 256 g/mol. The van der Waals surface area contributed by atoms with Crippen molar-refractivity contribution in [3.63, 3.8) is 0 Å². The van der Waals surface area contributed by atoms with Crippen LogP contribution in [-0.2, 0) is 16.1 Å². The fourth-order valence-corrected chi connectivity index (χ4v) is 2.16. The Balaban J connectivity index is 1.77. The lowest BCUT2D eigenvalue weighted by atomic mass is 10.1. The highest BCUT2D eigenvalue weighted by molar-refractivity contribution is 6.31. The van der Waals surface area contributed by atoms with Crippen molar-refractivity contribution in [3.05, 3.63) is 28.8 Å². The van der Waals surface area contributed by atoms with Gasteiger partial charge in [-0.1, -0.05) is 17.7 Å². The predicted octanol–water partition coefficient (Wildman–Crippen LogP) is 3.01. The summed E-state index contributed by atoms with van der Waals surface area (Å²) in [6.45, 7) is 2.01. The van der Waals surface area contributed by atoms with Gasteiger partial charge < -0.3 is 15.2 Å². The van der Waals surface area contributed by atoms with Crippen molar-refractivity contribution in [2.75, 3.05) is 18.9 Å². The van der Waals surface area contributed by atoms with Gasteiger partial charge in [-0.15, -0.1) is 0 Å². The number of hydrogen-bond donors (Lipinski definition) is 1. The molecule has 4 heteroatoms. The number of ether oxygens (including phenoxy) is 2. The summed E-state index contributed by atoms with van der Waals surface area (Å²) in [5.74, 6) is 0. The summed E-state index contributed by atoms with van der Waals surface area (Å²) in [4.78, 5) is 0. The monoisotopic (exact) mass is 255 g/mol. The SMILES string of the molecule is Nc1ccc(COCC2CCCCO2)c(Cl)c1. The van der Waals surface area contributed by atoms with Crippen LogP contribution < -0.4 is 5.73 Å². The zero-order chi connectivity index (χ0) is 12.1. The first-order chi connectivity index (χ1) is 8.25. The molecule has 0 bridgehead atoms. The van der Waals surface area contributed by atoms with Crippen LogP contribution in [0.4, 0.5) is 5.69 Å². The van der Waals surface area contributed by atoms with Crippen LogP contribution in [0, 0.1) is 0 Å². The topological polar surface area (TPSA) is 44.5 Å². The van der Waals surface area contributed by atoms with E-state index in [2.05, 4.69) is 0 Å². The summed E-state index contributed by atoms with van der Waals surface area (Å²) in [7, 11) is 0. The molecule has 1 fully saturated rings. The van der Waals surface area contributed by atoms with E-state index in [1.807, 2.05) is 12.1 Å². The smallest absolute Gasteiger partial charge is 0.0808 e. The second-order valence-electron chi connectivity index (χ2n) is 4.35. The molecular formula is C13H18ClNO2. The Labute approximate surface area is 107 Å². The highest BCUT2D eigenvalue weighted by atomic mass is 35.5. The van der Waals surface area contributed by atoms with Gasteiger partial charge in [0.05, 0.1) is 19.3 Å². The summed E-state index contributed by atoms with van der Waals surface area (Å²) in [6.07, 6.45) is 3.74. The standard InChI is InChI=1S/C13H18ClNO2/c14-13-7-11(15)5-4-10(13)8-16-9-12-3-1-2-6-17-12/h4-5,7,12H,1-3,6,8-9,15H2. The van der Waals surface area contributed by atoms with Gasteiger partial charge >= 0.3 is 0 Å². The molecule has 3 nitrogen and oxygen atoms in total. The minimum absolute atomic E-state index is 0.247. The minimum Gasteiger partial charge on any atom is -0.399 e. The maximum Gasteiger partial charge on any atom is 0.0808 e. The van der Waals surface area contributed by atoms with Crippen LogP contribution in [0.5, 0.6) is 0 Å². The Morgan fingerprint density at radius 1 is 1.41 bits per heavy atom. The van der Waals surface area contributed by atoms with Gasteiger partial charge in [-0.3, -0.25) is 0 Å². The highest BCUT2D eigenvalue weighted by Gasteiger charge is 2.13. The van der Waals surface area contributed by atoms with Crippen LogP contribution in [0.15, 0.2) is 18.2 Å². The molecule has 1 saturated heterocycles. The summed E-state index contributed by atoms with van der Waals surface area (Å²) < 4.78 is 11.2. The summed E-state index contributed by atoms with van der Waals surface area (Å²) in [5, 5.41) is 0.662. The van der Waals surface area contributed by atoms with Gasteiger partial charge in [0, 0.05) is 17.3 Å². The van der Waals surface area contributed by atoms with Crippen molar-refractivity contribution < 1.29 is 9.47 Å². The van der Waals surface area contributed by atoms with Gasteiger partial charge in [0.25, 0.3) is 0 Å². The number of rotatable bonds is 4. The third-order valence-corrected chi connectivity index (χ3v) is 3.26. The molecule has 1 atom stereocenters. The van der Waals surface area contributed by atoms with E-state index in [-0.39, 0.29) is 6.10 Å². The zero-order valence-electron chi connectivity index (χ0n) is 9.82. The van der Waals surface area contributed by atoms with E-state index in [1.54, 1.807) is 6.07 Å². The number of nitrogen functional groups attached to an aromatic ring is 1. The highest BCUT2D eigenvalue weighted by Crippen LogP contribution is 2.20. The van der Waals surface area contributed by atoms with E-state index >= 15 is 0 Å². The lowest BCUT2D eigenvalue weighted by molar-refractivity contribution is -0.0447. The Morgan fingerprint density at radius 3 is 3.00 bits per heavy atom. The van der Waals surface area contributed by atoms with Gasteiger partial charge in [-0.25, -0.2) is 0 Å². The molecule has 1 aliphatic heterocycles. The minimum atomic E-state index is 0.247. The molecule has 0 spiro atoms. The molecule has 94 valence electrons. The largest absolute Gasteiger partial charge is 0.399 e. The van der Waals surface area contributed by atoms with Crippen LogP contribution in [0.1, 0.15) is 24.8 Å². The maximum absolute atomic E-state index is 6.06. The van der Waals surface area contributed by atoms with Crippen LogP contribution in [0.3, 0.4) is 0 Å². The molecule has 1 aromatic carbocycles. The van der Waals surface area contributed by atoms with Gasteiger partial charge in [0.1, 0.15) is 0 Å². The molecule has 0 amide bonds. The molecule has 2 N–H and O–H groups in total. The van der Waals surface area contributed by atoms with Crippen LogP contribution in [0.25, 0.3) is 0 Å². The first kappa shape index (κ1) is 12.7. The maximum atomic E-state index is 6.06. The predicted molar refractivity (Wildman–Crippen MR) is 69.1 cm³/mol. The molecule has 0 saturated carbocycles. The Morgan fingerprint density at radius 2 is 2.29 bits per heavy atom. The number of hydrogen-bond acceptors (Lipinski definition) is 3. The van der Waals surface area contributed by atoms with Crippen molar-refractivity contribution in [1.82, 2.24) is 0 Å². The molecule has 17 heavy (non-hydrogen) atoms. The molecular weight excluding hydrogens is 238 g/mol. The molecule has 0 aliphatic carbocycles. The normalized spacial score (nSPS) is 20.4. The Hall–Kier alpha value is -0.770. The summed E-state index contributed by atoms with van der Waals surface area (Å²) in [6, 6.07) is 5.48. The average Bonchev–Trinajstić information content (AvgIpc) is 2.33. The number of halogens is 1. The van der Waals surface area contributed by atoms with Crippen molar-refractivity contribution in [3.8, 4) is 0 Å². The van der Waals surface area contributed by atoms with E-state index in [1.165, 1.54) is 12.8 Å². The Bertz CT molecular complexity index is 364. The molecule has 1 aromatic rings. The molecule has 1 unspecified atom stereocenters. The first-order valence-corrected chi connectivity index (χ1v) is 6.37. The van der Waals surface area contributed by atoms with Crippen LogP contribution in [-0.4, -0.2) is 19.3 Å². The van der Waals surface area contributed by atoms with Crippen LogP contribution in [0.2, 0.25) is 5.02 Å². The fraction of sp³-hybridized carbons (Fsp3) is 0.538. The quantitative estimate of drug-likeness (QED) is 0.842. The Kier molecular flexibility index (Phi) is 4.66. The van der Waals surface area contributed by atoms with Crippen LogP contribution >= 0.6 is 11.6 Å². The van der Waals surface area contributed by atoms with E-state index in [0.717, 1.165) is 18.6 Å². The molecule has 1 aliphatic rings. The third kappa shape index (κ3) is 3.87. The van der Waals surface area contributed by atoms with Gasteiger partial charge in [-0.2, -0.15) is 0 Å². The first-order valence-electron chi connectivity index (χ1n) is 5.99. The van der Waals surface area contributed by atoms with E-state index < -0.39 is 0 Å². The van der Waals surface area contributed by atoms with Crippen molar-refractivity contribution in [2.24, 2.45) is 0 Å². The van der Waals surface area contributed by atoms with E-state index in [4.69, 9.17) is 26.8 Å². The van der Waals surface area contributed by atoms with Gasteiger partial charge in [0.2, 0.25) is 0 Å². The van der Waals surface area contributed by atoms with E-state index in [0.29, 0.717) is 23.9 Å². The summed E-state index contributed by atoms with van der Waals surface area (Å²) in [5.41, 5.74) is 7.27. The second kappa shape index (κ2) is 6.24.